The van der Waals surface area contributed by atoms with E-state index in [1.165, 1.54) is 32.1 Å². The highest BCUT2D eigenvalue weighted by atomic mass is 16.5. The van der Waals surface area contributed by atoms with Crippen molar-refractivity contribution in [2.75, 3.05) is 53.5 Å². The van der Waals surface area contributed by atoms with E-state index in [2.05, 4.69) is 26.8 Å². The maximum absolute atomic E-state index is 13.2. The summed E-state index contributed by atoms with van der Waals surface area (Å²) in [6.45, 7) is 11.1. The van der Waals surface area contributed by atoms with Gasteiger partial charge in [-0.25, -0.2) is 4.79 Å². The van der Waals surface area contributed by atoms with E-state index in [1.807, 2.05) is 16.8 Å². The average Bonchev–Trinajstić information content (AvgIpc) is 3.31. The molecule has 3 saturated carbocycles. The zero-order valence-corrected chi connectivity index (χ0v) is 25.9. The smallest absolute Gasteiger partial charge is 0.319 e. The molecule has 40 heavy (non-hydrogen) atoms. The van der Waals surface area contributed by atoms with Crippen LogP contribution in [0.1, 0.15) is 85.0 Å². The van der Waals surface area contributed by atoms with Crippen molar-refractivity contribution in [3.63, 3.8) is 0 Å². The predicted octanol–water partition coefficient (Wildman–Crippen LogP) is 5.19. The fourth-order valence-corrected chi connectivity index (χ4v) is 10.0. The van der Waals surface area contributed by atoms with Crippen LogP contribution < -0.4 is 0 Å². The first-order valence-electron chi connectivity index (χ1n) is 16.2. The number of hydrogen-bond acceptors (Lipinski definition) is 4. The molecule has 3 amide bonds. The molecule has 0 aromatic carbocycles. The molecule has 8 atom stereocenters. The minimum Gasteiger partial charge on any atom is -0.393 e. The van der Waals surface area contributed by atoms with Crippen LogP contribution in [0.25, 0.3) is 0 Å². The fourth-order valence-electron chi connectivity index (χ4n) is 10.0. The summed E-state index contributed by atoms with van der Waals surface area (Å²) in [7, 11) is 3.46. The number of rotatable bonds is 7. The second kappa shape index (κ2) is 11.9. The molecule has 1 N–H and O–H groups in total. The van der Waals surface area contributed by atoms with Gasteiger partial charge in [-0.2, -0.15) is 0 Å². The summed E-state index contributed by atoms with van der Waals surface area (Å²) in [5.74, 6) is 3.88. The highest BCUT2D eigenvalue weighted by molar-refractivity contribution is 5.77. The van der Waals surface area contributed by atoms with E-state index in [9.17, 15) is 14.7 Å². The second-order valence-electron chi connectivity index (χ2n) is 14.5. The molecule has 0 spiro atoms. The molecule has 7 nitrogen and oxygen atoms in total. The maximum Gasteiger partial charge on any atom is 0.319 e. The number of carbonyl (C=O) groups is 2. The van der Waals surface area contributed by atoms with Gasteiger partial charge in [0.15, 0.2) is 0 Å². The van der Waals surface area contributed by atoms with Crippen LogP contribution in [0, 0.1) is 40.4 Å². The van der Waals surface area contributed by atoms with Crippen molar-refractivity contribution in [3.8, 4) is 0 Å². The molecule has 0 radical (unpaired) electrons. The zero-order chi connectivity index (χ0) is 28.7. The summed E-state index contributed by atoms with van der Waals surface area (Å²) >= 11 is 0. The van der Waals surface area contributed by atoms with Gasteiger partial charge in [0, 0.05) is 53.3 Å². The molecule has 0 unspecified atom stereocenters. The SMILES string of the molecule is COCCN(C)C(=O)N1CCN(C(=O)CC[C@@H](C)[C@H]2CC[C@H]3[C@@H]4CC=C5C[C@@H](O)CC[C@]5(C)[C@H]4CC[C@]23C)CC1. The van der Waals surface area contributed by atoms with E-state index in [-0.39, 0.29) is 18.0 Å². The lowest BCUT2D eigenvalue weighted by Crippen LogP contribution is -2.53. The van der Waals surface area contributed by atoms with E-state index in [0.717, 1.165) is 43.4 Å². The minimum absolute atomic E-state index is 0.0243. The number of ether oxygens (including phenoxy) is 1. The van der Waals surface area contributed by atoms with Crippen molar-refractivity contribution >= 4 is 11.9 Å². The van der Waals surface area contributed by atoms with Crippen LogP contribution in [0.4, 0.5) is 4.79 Å². The molecular weight excluding hydrogens is 502 g/mol. The van der Waals surface area contributed by atoms with Crippen LogP contribution >= 0.6 is 0 Å². The number of fused-ring (bicyclic) bond motifs is 5. The number of nitrogens with zero attached hydrogens (tertiary/aromatic N) is 3. The Morgan fingerprint density at radius 1 is 1.07 bits per heavy atom. The van der Waals surface area contributed by atoms with E-state index in [0.29, 0.717) is 68.4 Å². The van der Waals surface area contributed by atoms with Crippen LogP contribution in [0.15, 0.2) is 11.6 Å². The number of carbonyl (C=O) groups excluding carboxylic acids is 2. The quantitative estimate of drug-likeness (QED) is 0.438. The van der Waals surface area contributed by atoms with Crippen LogP contribution in [0.5, 0.6) is 0 Å². The Kier molecular flexibility index (Phi) is 8.92. The third kappa shape index (κ3) is 5.46. The van der Waals surface area contributed by atoms with Gasteiger partial charge in [0.05, 0.1) is 12.7 Å². The number of hydrogen-bond donors (Lipinski definition) is 1. The van der Waals surface area contributed by atoms with Crippen molar-refractivity contribution in [3.05, 3.63) is 11.6 Å². The van der Waals surface area contributed by atoms with Crippen LogP contribution in [-0.4, -0.2) is 91.3 Å². The summed E-state index contributed by atoms with van der Waals surface area (Å²) < 4.78 is 5.09. The normalized spacial score (nSPS) is 38.1. The average molecular weight is 558 g/mol. The first-order valence-corrected chi connectivity index (χ1v) is 16.2. The Balaban J connectivity index is 1.12. The highest BCUT2D eigenvalue weighted by Crippen LogP contribution is 2.67. The van der Waals surface area contributed by atoms with Crippen molar-refractivity contribution in [2.24, 2.45) is 40.4 Å². The van der Waals surface area contributed by atoms with Crippen molar-refractivity contribution in [1.82, 2.24) is 14.7 Å². The minimum atomic E-state index is -0.136. The zero-order valence-electron chi connectivity index (χ0n) is 25.9. The first kappa shape index (κ1) is 29.9. The molecule has 4 fully saturated rings. The molecule has 5 aliphatic rings. The number of methoxy groups -OCH3 is 1. The summed E-state index contributed by atoms with van der Waals surface area (Å²) in [4.78, 5) is 31.4. The molecule has 7 heteroatoms. The molecule has 1 saturated heterocycles. The van der Waals surface area contributed by atoms with Crippen LogP contribution in [0.3, 0.4) is 0 Å². The Morgan fingerprint density at radius 2 is 1.80 bits per heavy atom. The molecule has 0 aromatic rings. The lowest BCUT2D eigenvalue weighted by Gasteiger charge is -2.58. The van der Waals surface area contributed by atoms with E-state index >= 15 is 0 Å². The largest absolute Gasteiger partial charge is 0.393 e. The van der Waals surface area contributed by atoms with E-state index in [1.54, 1.807) is 17.6 Å². The van der Waals surface area contributed by atoms with Crippen molar-refractivity contribution in [2.45, 2.75) is 91.1 Å². The van der Waals surface area contributed by atoms with Gasteiger partial charge in [0.25, 0.3) is 0 Å². The number of piperazine rings is 1. The third-order valence-electron chi connectivity index (χ3n) is 12.5. The highest BCUT2D eigenvalue weighted by Gasteiger charge is 2.59. The summed E-state index contributed by atoms with van der Waals surface area (Å²) in [5.41, 5.74) is 2.24. The molecule has 1 aliphatic heterocycles. The maximum atomic E-state index is 13.2. The van der Waals surface area contributed by atoms with E-state index in [4.69, 9.17) is 4.74 Å². The molecule has 0 bridgehead atoms. The summed E-state index contributed by atoms with van der Waals surface area (Å²) in [6.07, 6.45) is 13.5. The predicted molar refractivity (Wildman–Crippen MR) is 158 cm³/mol. The van der Waals surface area contributed by atoms with Gasteiger partial charge in [0.2, 0.25) is 5.91 Å². The monoisotopic (exact) mass is 557 g/mol. The Hall–Kier alpha value is -1.60. The lowest BCUT2D eigenvalue weighted by molar-refractivity contribution is -0.133. The van der Waals surface area contributed by atoms with Gasteiger partial charge in [0.1, 0.15) is 0 Å². The van der Waals surface area contributed by atoms with Crippen molar-refractivity contribution < 1.29 is 19.4 Å². The number of likely N-dealkylation sites (N-methyl/N-ethyl adjacent to an activating group) is 1. The topological polar surface area (TPSA) is 73.3 Å². The summed E-state index contributed by atoms with van der Waals surface area (Å²) in [5, 5.41) is 10.3. The molecule has 5 rings (SSSR count). The van der Waals surface area contributed by atoms with Crippen LogP contribution in [-0.2, 0) is 9.53 Å². The summed E-state index contributed by atoms with van der Waals surface area (Å²) in [6, 6.07) is 0.0243. The number of urea groups is 1. The molecule has 226 valence electrons. The van der Waals surface area contributed by atoms with Gasteiger partial charge in [-0.1, -0.05) is 32.4 Å². The first-order chi connectivity index (χ1) is 19.1. The number of aliphatic hydroxyl groups is 1. The molecule has 0 aromatic heterocycles. The Bertz CT molecular complexity index is 961. The van der Waals surface area contributed by atoms with Gasteiger partial charge in [-0.15, -0.1) is 0 Å². The van der Waals surface area contributed by atoms with Gasteiger partial charge >= 0.3 is 6.03 Å². The van der Waals surface area contributed by atoms with E-state index < -0.39 is 0 Å². The molecule has 4 aliphatic carbocycles. The number of aliphatic hydroxyl groups excluding tert-OH is 1. The molecule has 1 heterocycles. The van der Waals surface area contributed by atoms with Gasteiger partial charge < -0.3 is 24.5 Å². The fraction of sp³-hybridized carbons (Fsp3) is 0.879. The molecular formula is C33H55N3O4. The van der Waals surface area contributed by atoms with Gasteiger partial charge in [-0.05, 0) is 98.2 Å². The Morgan fingerprint density at radius 3 is 2.52 bits per heavy atom. The van der Waals surface area contributed by atoms with Crippen molar-refractivity contribution in [1.29, 1.82) is 0 Å². The second-order valence-corrected chi connectivity index (χ2v) is 14.5. The van der Waals surface area contributed by atoms with Gasteiger partial charge in [-0.3, -0.25) is 4.79 Å². The number of allylic oxidation sites excluding steroid dienone is 1. The lowest BCUT2D eigenvalue weighted by atomic mass is 9.47. The standard InChI is InChI=1S/C33H55N3O4/c1-23(6-11-30(38)35-16-18-36(19-17-35)31(39)34(4)20-21-40-5)27-9-10-28-26-8-7-24-22-25(37)12-14-32(24,2)29(26)13-15-33(27,28)3/h7,23,25-29,37H,6,8-22H2,1-5H3/t23-,25+,26+,27-,28+,29+,32+,33-/m1/s1. The Labute approximate surface area is 242 Å². The third-order valence-corrected chi connectivity index (χ3v) is 12.5. The van der Waals surface area contributed by atoms with Crippen LogP contribution in [0.2, 0.25) is 0 Å². The number of amides is 3.